The normalized spacial score (nSPS) is 21.1. The van der Waals surface area contributed by atoms with E-state index in [2.05, 4.69) is 18.7 Å². The molecule has 0 bridgehead atoms. The second kappa shape index (κ2) is 6.21. The van der Waals surface area contributed by atoms with Crippen LogP contribution in [0.1, 0.15) is 33.6 Å². The minimum atomic E-state index is 0.176. The van der Waals surface area contributed by atoms with E-state index in [0.717, 1.165) is 25.9 Å². The quantitative estimate of drug-likeness (QED) is 0.753. The average Bonchev–Trinajstić information content (AvgIpc) is 2.65. The molecule has 1 saturated heterocycles. The van der Waals surface area contributed by atoms with Crippen molar-refractivity contribution in [1.29, 1.82) is 0 Å². The number of hydrogen-bond donors (Lipinski definition) is 1. The van der Waals surface area contributed by atoms with Crippen molar-refractivity contribution in [3.63, 3.8) is 0 Å². The molecule has 94 valence electrons. The van der Waals surface area contributed by atoms with Crippen LogP contribution < -0.4 is 0 Å². The Labute approximate surface area is 98.2 Å². The number of carbonyl (C=O) groups excluding carboxylic acids is 1. The maximum Gasteiger partial charge on any atom is 0.219 e. The summed E-state index contributed by atoms with van der Waals surface area (Å²) in [6, 6.07) is 0.757. The van der Waals surface area contributed by atoms with Crippen LogP contribution in [0.25, 0.3) is 0 Å². The lowest BCUT2D eigenvalue weighted by Crippen LogP contribution is -2.45. The first-order valence-electron chi connectivity index (χ1n) is 6.18. The summed E-state index contributed by atoms with van der Waals surface area (Å²) in [5.41, 5.74) is 0. The maximum absolute atomic E-state index is 11.4. The Morgan fingerprint density at radius 2 is 2.25 bits per heavy atom. The molecule has 16 heavy (non-hydrogen) atoms. The van der Waals surface area contributed by atoms with E-state index < -0.39 is 0 Å². The second-order valence-electron chi connectivity index (χ2n) is 4.82. The van der Waals surface area contributed by atoms with E-state index in [1.165, 1.54) is 0 Å². The summed E-state index contributed by atoms with van der Waals surface area (Å²) >= 11 is 0. The van der Waals surface area contributed by atoms with Gasteiger partial charge in [-0.2, -0.15) is 0 Å². The minimum Gasteiger partial charge on any atom is -0.395 e. The van der Waals surface area contributed by atoms with Gasteiger partial charge in [0.25, 0.3) is 0 Å². The van der Waals surface area contributed by atoms with Crippen LogP contribution in [0.4, 0.5) is 0 Å². The number of hydrogen-bond acceptors (Lipinski definition) is 3. The molecule has 0 radical (unpaired) electrons. The van der Waals surface area contributed by atoms with Crippen LogP contribution >= 0.6 is 0 Å². The Morgan fingerprint density at radius 1 is 1.56 bits per heavy atom. The van der Waals surface area contributed by atoms with Crippen molar-refractivity contribution in [1.82, 2.24) is 9.80 Å². The number of carbonyl (C=O) groups is 1. The van der Waals surface area contributed by atoms with Crippen LogP contribution in [0.5, 0.6) is 0 Å². The number of nitrogens with zero attached hydrogens (tertiary/aromatic N) is 2. The molecule has 1 N–H and O–H groups in total. The van der Waals surface area contributed by atoms with Gasteiger partial charge >= 0.3 is 0 Å². The van der Waals surface area contributed by atoms with E-state index in [1.807, 2.05) is 4.90 Å². The molecule has 4 heteroatoms. The van der Waals surface area contributed by atoms with E-state index in [4.69, 9.17) is 5.11 Å². The van der Waals surface area contributed by atoms with E-state index in [0.29, 0.717) is 18.6 Å². The molecular formula is C12H24N2O2. The molecule has 0 aromatic rings. The van der Waals surface area contributed by atoms with Gasteiger partial charge in [-0.3, -0.25) is 9.69 Å². The summed E-state index contributed by atoms with van der Waals surface area (Å²) in [6.45, 7) is 8.56. The summed E-state index contributed by atoms with van der Waals surface area (Å²) in [5.74, 6) is 0.176. The molecule has 1 atom stereocenters. The largest absolute Gasteiger partial charge is 0.395 e. The van der Waals surface area contributed by atoms with Gasteiger partial charge in [0.05, 0.1) is 6.61 Å². The van der Waals surface area contributed by atoms with Crippen molar-refractivity contribution in [2.24, 2.45) is 0 Å². The van der Waals surface area contributed by atoms with E-state index >= 15 is 0 Å². The number of aliphatic hydroxyl groups excluding tert-OH is 1. The van der Waals surface area contributed by atoms with Crippen LogP contribution in [0.15, 0.2) is 0 Å². The van der Waals surface area contributed by atoms with Gasteiger partial charge in [-0.05, 0) is 26.7 Å². The fraction of sp³-hybridized carbons (Fsp3) is 0.917. The smallest absolute Gasteiger partial charge is 0.219 e. The van der Waals surface area contributed by atoms with Crippen LogP contribution in [-0.4, -0.2) is 59.1 Å². The highest BCUT2D eigenvalue weighted by Crippen LogP contribution is 2.19. The molecule has 1 amide bonds. The third-order valence-corrected chi connectivity index (χ3v) is 3.34. The lowest BCUT2D eigenvalue weighted by atomic mass is 10.2. The predicted molar refractivity (Wildman–Crippen MR) is 64.2 cm³/mol. The lowest BCUT2D eigenvalue weighted by molar-refractivity contribution is -0.130. The molecule has 1 fully saturated rings. The van der Waals surface area contributed by atoms with Gasteiger partial charge in [0, 0.05) is 38.6 Å². The fourth-order valence-corrected chi connectivity index (χ4v) is 2.40. The van der Waals surface area contributed by atoms with Gasteiger partial charge in [-0.1, -0.05) is 0 Å². The van der Waals surface area contributed by atoms with E-state index in [9.17, 15) is 4.79 Å². The summed E-state index contributed by atoms with van der Waals surface area (Å²) in [7, 11) is 0. The monoisotopic (exact) mass is 228 g/mol. The highest BCUT2D eigenvalue weighted by molar-refractivity contribution is 5.73. The molecule has 1 rings (SSSR count). The second-order valence-corrected chi connectivity index (χ2v) is 4.82. The predicted octanol–water partition coefficient (Wildman–Crippen LogP) is 0.700. The topological polar surface area (TPSA) is 43.8 Å². The van der Waals surface area contributed by atoms with Gasteiger partial charge in [0.15, 0.2) is 0 Å². The molecule has 1 aliphatic heterocycles. The highest BCUT2D eigenvalue weighted by Gasteiger charge is 2.28. The maximum atomic E-state index is 11.4. The summed E-state index contributed by atoms with van der Waals surface area (Å²) in [4.78, 5) is 15.6. The standard InChI is InChI=1S/C12H24N2O2/c1-10(2)13(7-8-15)9-12-5-4-6-14(12)11(3)16/h10,12,15H,4-9H2,1-3H3. The van der Waals surface area contributed by atoms with Crippen molar-refractivity contribution in [3.8, 4) is 0 Å². The van der Waals surface area contributed by atoms with Crippen molar-refractivity contribution in [2.75, 3.05) is 26.2 Å². The van der Waals surface area contributed by atoms with Gasteiger partial charge in [-0.25, -0.2) is 0 Å². The summed E-state index contributed by atoms with van der Waals surface area (Å²) < 4.78 is 0. The first-order valence-corrected chi connectivity index (χ1v) is 6.18. The molecule has 0 spiro atoms. The molecule has 0 aromatic carbocycles. The van der Waals surface area contributed by atoms with E-state index in [-0.39, 0.29) is 12.5 Å². The SMILES string of the molecule is CC(=O)N1CCCC1CN(CCO)C(C)C. The first-order chi connectivity index (χ1) is 7.56. The minimum absolute atomic E-state index is 0.176. The zero-order chi connectivity index (χ0) is 12.1. The van der Waals surface area contributed by atoms with E-state index in [1.54, 1.807) is 6.92 Å². The van der Waals surface area contributed by atoms with Crippen LogP contribution in [-0.2, 0) is 4.79 Å². The molecule has 1 unspecified atom stereocenters. The van der Waals surface area contributed by atoms with Crippen LogP contribution in [0.2, 0.25) is 0 Å². The van der Waals surface area contributed by atoms with Crippen molar-refractivity contribution < 1.29 is 9.90 Å². The van der Waals surface area contributed by atoms with Gasteiger partial charge in [-0.15, -0.1) is 0 Å². The number of amides is 1. The van der Waals surface area contributed by atoms with Crippen LogP contribution in [0.3, 0.4) is 0 Å². The zero-order valence-electron chi connectivity index (χ0n) is 10.6. The Kier molecular flexibility index (Phi) is 5.22. The van der Waals surface area contributed by atoms with Crippen molar-refractivity contribution in [3.05, 3.63) is 0 Å². The Balaban J connectivity index is 2.53. The Morgan fingerprint density at radius 3 is 2.75 bits per heavy atom. The molecule has 0 aromatic heterocycles. The average molecular weight is 228 g/mol. The molecule has 0 aliphatic carbocycles. The number of rotatable bonds is 5. The van der Waals surface area contributed by atoms with Gasteiger partial charge < -0.3 is 10.0 Å². The summed E-state index contributed by atoms with van der Waals surface area (Å²) in [5, 5.41) is 9.01. The van der Waals surface area contributed by atoms with Gasteiger partial charge in [0.2, 0.25) is 5.91 Å². The van der Waals surface area contributed by atoms with Crippen LogP contribution in [0, 0.1) is 0 Å². The number of likely N-dealkylation sites (tertiary alicyclic amines) is 1. The lowest BCUT2D eigenvalue weighted by Gasteiger charge is -2.32. The molecule has 1 aliphatic rings. The van der Waals surface area contributed by atoms with Crippen molar-refractivity contribution >= 4 is 5.91 Å². The molecule has 1 heterocycles. The molecular weight excluding hydrogens is 204 g/mol. The highest BCUT2D eigenvalue weighted by atomic mass is 16.3. The summed E-state index contributed by atoms with van der Waals surface area (Å²) in [6.07, 6.45) is 2.20. The number of aliphatic hydroxyl groups is 1. The van der Waals surface area contributed by atoms with Crippen molar-refractivity contribution in [2.45, 2.75) is 45.7 Å². The third-order valence-electron chi connectivity index (χ3n) is 3.34. The third kappa shape index (κ3) is 3.46. The zero-order valence-corrected chi connectivity index (χ0v) is 10.6. The first kappa shape index (κ1) is 13.5. The Hall–Kier alpha value is -0.610. The molecule has 0 saturated carbocycles. The molecule has 4 nitrogen and oxygen atoms in total. The Bertz CT molecular complexity index is 231. The fourth-order valence-electron chi connectivity index (χ4n) is 2.40. The van der Waals surface area contributed by atoms with Gasteiger partial charge in [0.1, 0.15) is 0 Å².